The Morgan fingerprint density at radius 3 is 2.62 bits per heavy atom. The van der Waals surface area contributed by atoms with Gasteiger partial charge >= 0.3 is 0 Å². The smallest absolute Gasteiger partial charge is 0.270 e. The van der Waals surface area contributed by atoms with Gasteiger partial charge in [0.05, 0.1) is 6.61 Å². The maximum Gasteiger partial charge on any atom is 0.270 e. The summed E-state index contributed by atoms with van der Waals surface area (Å²) in [5.41, 5.74) is 0.234. The molecule has 0 spiro atoms. The number of ether oxygens (including phenoxy) is 1. The number of carbonyl (C=O) groups is 1. The van der Waals surface area contributed by atoms with Crippen LogP contribution in [0.2, 0.25) is 0 Å². The fourth-order valence-corrected chi connectivity index (χ4v) is 4.42. The zero-order valence-electron chi connectivity index (χ0n) is 14.5. The van der Waals surface area contributed by atoms with Gasteiger partial charge in [-0.15, -0.1) is 11.3 Å². The second-order valence-corrected chi connectivity index (χ2v) is 7.92. The predicted octanol–water partition coefficient (Wildman–Crippen LogP) is -0.0319. The molecule has 146 valence electrons. The summed E-state index contributed by atoms with van der Waals surface area (Å²) in [6, 6.07) is 0. The van der Waals surface area contributed by atoms with Crippen molar-refractivity contribution in [1.82, 2.24) is 10.3 Å². The van der Waals surface area contributed by atoms with E-state index in [1.807, 2.05) is 0 Å². The number of amides is 1. The lowest BCUT2D eigenvalue weighted by Crippen LogP contribution is -2.55. The molecular weight excluding hydrogens is 360 g/mol. The third-order valence-electron chi connectivity index (χ3n) is 5.17. The van der Waals surface area contributed by atoms with Crippen LogP contribution < -0.4 is 5.32 Å². The van der Waals surface area contributed by atoms with E-state index in [9.17, 15) is 25.2 Å². The van der Waals surface area contributed by atoms with Crippen LogP contribution >= 0.6 is 11.3 Å². The van der Waals surface area contributed by atoms with Gasteiger partial charge in [-0.2, -0.15) is 0 Å². The van der Waals surface area contributed by atoms with E-state index < -0.39 is 37.1 Å². The van der Waals surface area contributed by atoms with Crippen molar-refractivity contribution in [3.05, 3.63) is 16.1 Å². The Bertz CT molecular complexity index is 604. The highest BCUT2D eigenvalue weighted by Crippen LogP contribution is 2.34. The van der Waals surface area contributed by atoms with E-state index >= 15 is 0 Å². The molecule has 2 heterocycles. The molecule has 9 heteroatoms. The molecule has 0 bridgehead atoms. The Morgan fingerprint density at radius 2 is 1.92 bits per heavy atom. The second-order valence-electron chi connectivity index (χ2n) is 7.03. The maximum atomic E-state index is 12.3. The van der Waals surface area contributed by atoms with E-state index in [1.165, 1.54) is 19.3 Å². The largest absolute Gasteiger partial charge is 0.394 e. The van der Waals surface area contributed by atoms with Gasteiger partial charge in [-0.05, 0) is 18.8 Å². The summed E-state index contributed by atoms with van der Waals surface area (Å²) in [5, 5.41) is 43.9. The number of hydrogen-bond acceptors (Lipinski definition) is 8. The number of thiazole rings is 1. The van der Waals surface area contributed by atoms with Crippen molar-refractivity contribution in [3.8, 4) is 0 Å². The zero-order valence-corrected chi connectivity index (χ0v) is 15.3. The molecule has 1 amide bonds. The molecule has 1 aliphatic carbocycles. The fraction of sp³-hybridized carbons (Fsp3) is 0.765. The molecule has 26 heavy (non-hydrogen) atoms. The summed E-state index contributed by atoms with van der Waals surface area (Å²) in [4.78, 5) is 16.5. The predicted molar refractivity (Wildman–Crippen MR) is 93.7 cm³/mol. The first kappa shape index (κ1) is 19.7. The minimum atomic E-state index is -1.46. The molecule has 3 rings (SSSR count). The lowest BCUT2D eigenvalue weighted by Gasteiger charge is -2.39. The van der Waals surface area contributed by atoms with Crippen LogP contribution in [-0.2, 0) is 4.74 Å². The fourth-order valence-electron chi connectivity index (χ4n) is 3.55. The van der Waals surface area contributed by atoms with Crippen molar-refractivity contribution in [2.24, 2.45) is 5.92 Å². The second kappa shape index (κ2) is 8.73. The molecular formula is C17H26N2O6S. The third-order valence-corrected chi connectivity index (χ3v) is 6.07. The van der Waals surface area contributed by atoms with Crippen LogP contribution in [0.5, 0.6) is 0 Å². The molecule has 8 nitrogen and oxygen atoms in total. The van der Waals surface area contributed by atoms with Gasteiger partial charge in [0.25, 0.3) is 5.91 Å². The Balaban J connectivity index is 1.62. The van der Waals surface area contributed by atoms with Gasteiger partial charge in [-0.25, -0.2) is 4.98 Å². The van der Waals surface area contributed by atoms with Crippen LogP contribution in [0.25, 0.3) is 0 Å². The van der Waals surface area contributed by atoms with Gasteiger partial charge in [-0.3, -0.25) is 4.79 Å². The Labute approximate surface area is 155 Å². The number of aromatic nitrogens is 1. The Hall–Kier alpha value is -1.10. The van der Waals surface area contributed by atoms with Crippen LogP contribution in [0.3, 0.4) is 0 Å². The van der Waals surface area contributed by atoms with Crippen molar-refractivity contribution >= 4 is 17.2 Å². The number of nitrogens with zero attached hydrogens (tertiary/aromatic N) is 1. The maximum absolute atomic E-state index is 12.3. The lowest BCUT2D eigenvalue weighted by molar-refractivity contribution is -0.231. The van der Waals surface area contributed by atoms with Crippen LogP contribution in [0.4, 0.5) is 0 Å². The monoisotopic (exact) mass is 386 g/mol. The minimum Gasteiger partial charge on any atom is -0.394 e. The number of carbonyl (C=O) groups excluding carboxylic acids is 1. The molecule has 0 unspecified atom stereocenters. The molecule has 2 aliphatic rings. The van der Waals surface area contributed by atoms with Gasteiger partial charge < -0.3 is 30.5 Å². The first-order chi connectivity index (χ1) is 12.5. The van der Waals surface area contributed by atoms with Crippen LogP contribution in [0.15, 0.2) is 5.38 Å². The van der Waals surface area contributed by atoms with Gasteiger partial charge in [0.1, 0.15) is 41.2 Å². The van der Waals surface area contributed by atoms with Crippen molar-refractivity contribution in [3.63, 3.8) is 0 Å². The molecule has 1 saturated carbocycles. The lowest BCUT2D eigenvalue weighted by atomic mass is 9.89. The minimum absolute atomic E-state index is 0.234. The quantitative estimate of drug-likeness (QED) is 0.480. The Kier molecular flexibility index (Phi) is 6.60. The molecule has 1 aliphatic heterocycles. The van der Waals surface area contributed by atoms with Crippen molar-refractivity contribution < 1.29 is 30.0 Å². The third kappa shape index (κ3) is 4.24. The topological polar surface area (TPSA) is 132 Å². The number of aliphatic hydroxyl groups excluding tert-OH is 4. The normalized spacial score (nSPS) is 33.2. The molecule has 1 aromatic heterocycles. The highest BCUT2D eigenvalue weighted by Gasteiger charge is 2.45. The van der Waals surface area contributed by atoms with Gasteiger partial charge in [-0.1, -0.05) is 19.3 Å². The molecule has 5 N–H and O–H groups in total. The first-order valence-electron chi connectivity index (χ1n) is 9.05. The first-order valence-corrected chi connectivity index (χ1v) is 9.93. The van der Waals surface area contributed by atoms with E-state index in [-0.39, 0.29) is 11.6 Å². The van der Waals surface area contributed by atoms with Crippen molar-refractivity contribution in [2.45, 2.75) is 62.6 Å². The highest BCUT2D eigenvalue weighted by molar-refractivity contribution is 7.09. The summed E-state index contributed by atoms with van der Waals surface area (Å²) < 4.78 is 5.47. The highest BCUT2D eigenvalue weighted by atomic mass is 32.1. The summed E-state index contributed by atoms with van der Waals surface area (Å²) >= 11 is 1.13. The summed E-state index contributed by atoms with van der Waals surface area (Å²) in [6.45, 7) is 0.132. The van der Waals surface area contributed by atoms with Crippen LogP contribution in [-0.4, -0.2) is 68.9 Å². The molecule has 0 radical (unpaired) electrons. The SMILES string of the molecule is O=C(NCC1CCCCC1)c1csc([C@@H]2O[C@H](CO)[C@H](O)[C@H](O)[C@H]2O)n1. The molecule has 1 aromatic rings. The van der Waals surface area contributed by atoms with Gasteiger partial charge in [0.2, 0.25) is 0 Å². The summed E-state index contributed by atoms with van der Waals surface area (Å²) in [5.74, 6) is 0.235. The molecule has 5 atom stereocenters. The van der Waals surface area contributed by atoms with E-state index in [1.54, 1.807) is 5.38 Å². The van der Waals surface area contributed by atoms with E-state index in [0.717, 1.165) is 24.2 Å². The van der Waals surface area contributed by atoms with Gasteiger partial charge in [0, 0.05) is 11.9 Å². The number of rotatable bonds is 5. The van der Waals surface area contributed by atoms with E-state index in [0.29, 0.717) is 17.5 Å². The van der Waals surface area contributed by atoms with Crippen LogP contribution in [0, 0.1) is 5.92 Å². The molecule has 0 aromatic carbocycles. The number of aliphatic hydroxyl groups is 4. The molecule has 1 saturated heterocycles. The number of nitrogens with one attached hydrogen (secondary N) is 1. The van der Waals surface area contributed by atoms with Crippen LogP contribution in [0.1, 0.15) is 53.7 Å². The summed E-state index contributed by atoms with van der Waals surface area (Å²) in [6.07, 6.45) is -0.321. The van der Waals surface area contributed by atoms with Crippen molar-refractivity contribution in [2.75, 3.05) is 13.2 Å². The zero-order chi connectivity index (χ0) is 18.7. The standard InChI is InChI=1S/C17H26N2O6S/c20-7-11-12(21)13(22)14(23)15(25-11)17-19-10(8-26-17)16(24)18-6-9-4-2-1-3-5-9/h8-9,11-15,20-23H,1-7H2,(H,18,24)/t11-,12+,13+,14-,15-/m1/s1. The molecule has 2 fully saturated rings. The Morgan fingerprint density at radius 1 is 1.19 bits per heavy atom. The van der Waals surface area contributed by atoms with E-state index in [2.05, 4.69) is 10.3 Å². The van der Waals surface area contributed by atoms with Crippen molar-refractivity contribution in [1.29, 1.82) is 0 Å². The average Bonchev–Trinajstić information content (AvgIpc) is 3.15. The van der Waals surface area contributed by atoms with Gasteiger partial charge in [0.15, 0.2) is 0 Å². The average molecular weight is 386 g/mol. The number of hydrogen-bond donors (Lipinski definition) is 5. The summed E-state index contributed by atoms with van der Waals surface area (Å²) in [7, 11) is 0. The van der Waals surface area contributed by atoms with E-state index in [4.69, 9.17) is 4.74 Å².